The second-order valence-electron chi connectivity index (χ2n) is 1.24. The lowest BCUT2D eigenvalue weighted by Gasteiger charge is -1.44. The van der Waals surface area contributed by atoms with Gasteiger partial charge in [0.1, 0.15) is 0 Å². The molecule has 0 radical (unpaired) electrons. The van der Waals surface area contributed by atoms with Gasteiger partial charge in [0, 0.05) is 11.6 Å². The Morgan fingerprint density at radius 3 is 2.60 bits per heavy atom. The summed E-state index contributed by atoms with van der Waals surface area (Å²) >= 11 is 1.60. The molecule has 0 spiro atoms. The summed E-state index contributed by atoms with van der Waals surface area (Å²) in [4.78, 5) is 3.74. The molecule has 0 saturated heterocycles. The second kappa shape index (κ2) is 4.57. The van der Waals surface area contributed by atoms with Gasteiger partial charge in [0.25, 0.3) is 0 Å². The first kappa shape index (κ1) is 6.81. The number of tetrazole rings is 1. The third kappa shape index (κ3) is 2.88. The Morgan fingerprint density at radius 2 is 2.40 bits per heavy atom. The Labute approximate surface area is 61.1 Å². The van der Waals surface area contributed by atoms with Crippen LogP contribution in [0.4, 0.5) is 0 Å². The lowest BCUT2D eigenvalue weighted by molar-refractivity contribution is 0.881. The number of thiazole rings is 1. The fourth-order valence-corrected chi connectivity index (χ4v) is 0.656. The van der Waals surface area contributed by atoms with Crippen molar-refractivity contribution in [3.05, 3.63) is 23.4 Å². The average molecular weight is 155 g/mol. The van der Waals surface area contributed by atoms with Crippen LogP contribution in [0.25, 0.3) is 0 Å². The van der Waals surface area contributed by atoms with Crippen molar-refractivity contribution in [2.24, 2.45) is 0 Å². The van der Waals surface area contributed by atoms with Crippen LogP contribution in [0.1, 0.15) is 0 Å². The van der Waals surface area contributed by atoms with Crippen molar-refractivity contribution in [2.45, 2.75) is 0 Å². The summed E-state index contributed by atoms with van der Waals surface area (Å²) in [5.41, 5.74) is 1.79. The second-order valence-corrected chi connectivity index (χ2v) is 1.99. The molecule has 0 atom stereocenters. The van der Waals surface area contributed by atoms with Gasteiger partial charge in [-0.3, -0.25) is 4.98 Å². The standard InChI is InChI=1S/C3H3NS.CH2N4/c1-2-5-3-4-1;1-2-4-5-3-1/h1-3H;1H,(H,2,3,4,5). The van der Waals surface area contributed by atoms with Crippen molar-refractivity contribution in [1.29, 1.82) is 0 Å². The van der Waals surface area contributed by atoms with Gasteiger partial charge in [0.05, 0.1) is 5.51 Å². The molecule has 1 N–H and O–H groups in total. The maximum absolute atomic E-state index is 3.74. The molecular formula is C4H5N5S. The predicted molar refractivity (Wildman–Crippen MR) is 36.3 cm³/mol. The molecular weight excluding hydrogens is 150 g/mol. The van der Waals surface area contributed by atoms with Gasteiger partial charge in [0.15, 0.2) is 6.33 Å². The number of hydrogen-bond acceptors (Lipinski definition) is 5. The molecule has 5 nitrogen and oxygen atoms in total. The number of rotatable bonds is 0. The molecule has 10 heavy (non-hydrogen) atoms. The number of nitrogens with zero attached hydrogens (tertiary/aromatic N) is 4. The molecule has 0 unspecified atom stereocenters. The summed E-state index contributed by atoms with van der Waals surface area (Å²) in [6.45, 7) is 0. The van der Waals surface area contributed by atoms with E-state index in [1.807, 2.05) is 5.38 Å². The van der Waals surface area contributed by atoms with Crippen LogP contribution in [0.2, 0.25) is 0 Å². The summed E-state index contributed by atoms with van der Waals surface area (Å²) in [7, 11) is 0. The van der Waals surface area contributed by atoms with E-state index in [9.17, 15) is 0 Å². The fraction of sp³-hybridized carbons (Fsp3) is 0. The van der Waals surface area contributed by atoms with Crippen LogP contribution in [-0.4, -0.2) is 25.6 Å². The van der Waals surface area contributed by atoms with E-state index < -0.39 is 0 Å². The predicted octanol–water partition coefficient (Wildman–Crippen LogP) is 0.343. The molecule has 52 valence electrons. The molecule has 2 aromatic rings. The molecule has 0 aliphatic carbocycles. The minimum absolute atomic E-state index is 1.33. The van der Waals surface area contributed by atoms with Crippen molar-refractivity contribution >= 4 is 11.3 Å². The minimum atomic E-state index is 1.33. The highest BCUT2D eigenvalue weighted by molar-refractivity contribution is 7.07. The summed E-state index contributed by atoms with van der Waals surface area (Å²) in [6, 6.07) is 0. The Hall–Kier alpha value is -1.30. The number of aromatic nitrogens is 5. The first-order chi connectivity index (χ1) is 5.00. The van der Waals surface area contributed by atoms with E-state index in [1.54, 1.807) is 23.0 Å². The molecule has 0 aliphatic heterocycles. The fourth-order valence-electron chi connectivity index (χ4n) is 0.305. The molecule has 0 bridgehead atoms. The molecule has 0 amide bonds. The van der Waals surface area contributed by atoms with Crippen LogP contribution >= 0.6 is 11.3 Å². The smallest absolute Gasteiger partial charge is 0.161 e. The van der Waals surface area contributed by atoms with E-state index in [-0.39, 0.29) is 0 Å². The van der Waals surface area contributed by atoms with Crippen molar-refractivity contribution < 1.29 is 0 Å². The zero-order valence-electron chi connectivity index (χ0n) is 5.01. The van der Waals surface area contributed by atoms with Gasteiger partial charge in [0.2, 0.25) is 0 Å². The van der Waals surface area contributed by atoms with Gasteiger partial charge < -0.3 is 0 Å². The Morgan fingerprint density at radius 1 is 1.40 bits per heavy atom. The van der Waals surface area contributed by atoms with Gasteiger partial charge in [-0.1, -0.05) is 5.21 Å². The highest BCUT2D eigenvalue weighted by atomic mass is 32.1. The van der Waals surface area contributed by atoms with Crippen LogP contribution < -0.4 is 0 Å². The molecule has 2 rings (SSSR count). The molecule has 0 aromatic carbocycles. The highest BCUT2D eigenvalue weighted by Crippen LogP contribution is 1.85. The van der Waals surface area contributed by atoms with Gasteiger partial charge >= 0.3 is 0 Å². The SMILES string of the molecule is c1cscn1.c1nn[nH]n1. The van der Waals surface area contributed by atoms with Crippen molar-refractivity contribution in [2.75, 3.05) is 0 Å². The molecule has 2 aromatic heterocycles. The highest BCUT2D eigenvalue weighted by Gasteiger charge is 1.59. The Bertz CT molecular complexity index is 153. The number of H-pyrrole nitrogens is 1. The van der Waals surface area contributed by atoms with Crippen LogP contribution in [-0.2, 0) is 0 Å². The van der Waals surface area contributed by atoms with Crippen LogP contribution in [0.5, 0.6) is 0 Å². The topological polar surface area (TPSA) is 67.3 Å². The summed E-state index contributed by atoms with van der Waals surface area (Å²) < 4.78 is 0. The van der Waals surface area contributed by atoms with E-state index in [1.165, 1.54) is 6.33 Å². The maximum Gasteiger partial charge on any atom is 0.161 e. The van der Waals surface area contributed by atoms with Crippen LogP contribution in [0.3, 0.4) is 0 Å². The first-order valence-corrected chi connectivity index (χ1v) is 3.43. The molecule has 0 fully saturated rings. The lowest BCUT2D eigenvalue weighted by atomic mass is 11.0. The van der Waals surface area contributed by atoms with Gasteiger partial charge in [-0.05, 0) is 0 Å². The van der Waals surface area contributed by atoms with E-state index in [4.69, 9.17) is 0 Å². The zero-order valence-corrected chi connectivity index (χ0v) is 5.82. The van der Waals surface area contributed by atoms with Crippen molar-refractivity contribution in [3.63, 3.8) is 0 Å². The van der Waals surface area contributed by atoms with E-state index in [2.05, 4.69) is 25.6 Å². The van der Waals surface area contributed by atoms with Crippen molar-refractivity contribution in [1.82, 2.24) is 25.6 Å². The first-order valence-electron chi connectivity index (χ1n) is 2.48. The van der Waals surface area contributed by atoms with Crippen LogP contribution in [0.15, 0.2) is 23.4 Å². The average Bonchev–Trinajstić information content (AvgIpc) is 2.67. The Balaban J connectivity index is 0.0000001000. The van der Waals surface area contributed by atoms with Crippen molar-refractivity contribution in [3.8, 4) is 0 Å². The van der Waals surface area contributed by atoms with Gasteiger partial charge in [-0.2, -0.15) is 5.21 Å². The molecule has 2 heterocycles. The Kier molecular flexibility index (Phi) is 3.11. The van der Waals surface area contributed by atoms with E-state index in [0.29, 0.717) is 0 Å². The van der Waals surface area contributed by atoms with Gasteiger partial charge in [-0.25, -0.2) is 0 Å². The summed E-state index contributed by atoms with van der Waals surface area (Å²) in [5.74, 6) is 0. The van der Waals surface area contributed by atoms with E-state index in [0.717, 1.165) is 0 Å². The molecule has 0 saturated carbocycles. The summed E-state index contributed by atoms with van der Waals surface area (Å²) in [5, 5.41) is 14.1. The molecule has 0 aliphatic rings. The van der Waals surface area contributed by atoms with Gasteiger partial charge in [-0.15, -0.1) is 21.5 Å². The number of hydrogen-bond donors (Lipinski definition) is 1. The van der Waals surface area contributed by atoms with Crippen LogP contribution in [0, 0.1) is 0 Å². The number of nitrogens with one attached hydrogen (secondary N) is 1. The third-order valence-electron chi connectivity index (χ3n) is 0.617. The lowest BCUT2D eigenvalue weighted by Crippen LogP contribution is -1.64. The van der Waals surface area contributed by atoms with E-state index >= 15 is 0 Å². The third-order valence-corrected chi connectivity index (χ3v) is 1.14. The molecule has 6 heteroatoms. The number of aromatic amines is 1. The zero-order chi connectivity index (χ0) is 7.07. The normalized spacial score (nSPS) is 8.00. The maximum atomic E-state index is 3.74. The quantitative estimate of drug-likeness (QED) is 0.595. The monoisotopic (exact) mass is 155 g/mol. The summed E-state index contributed by atoms with van der Waals surface area (Å²) in [6.07, 6.45) is 3.10. The largest absolute Gasteiger partial charge is 0.253 e. The minimum Gasteiger partial charge on any atom is -0.253 e.